The third kappa shape index (κ3) is 6.18. The van der Waals surface area contributed by atoms with Gasteiger partial charge in [0.05, 0.1) is 12.0 Å². The lowest BCUT2D eigenvalue weighted by Gasteiger charge is -2.28. The molecule has 0 saturated heterocycles. The highest BCUT2D eigenvalue weighted by molar-refractivity contribution is 5.89. The van der Waals surface area contributed by atoms with E-state index >= 15 is 0 Å². The van der Waals surface area contributed by atoms with E-state index in [4.69, 9.17) is 5.11 Å². The van der Waals surface area contributed by atoms with Crippen molar-refractivity contribution >= 4 is 17.8 Å². The first-order valence-corrected chi connectivity index (χ1v) is 10.0. The van der Waals surface area contributed by atoms with E-state index in [9.17, 15) is 14.4 Å². The Balaban J connectivity index is 0.00000300. The number of hydrogen-bond donors (Lipinski definition) is 4. The third-order valence-corrected chi connectivity index (χ3v) is 5.91. The zero-order valence-electron chi connectivity index (χ0n) is 16.6. The highest BCUT2D eigenvalue weighted by Gasteiger charge is 2.28. The van der Waals surface area contributed by atoms with Crippen molar-refractivity contribution in [1.82, 2.24) is 16.0 Å². The minimum absolute atomic E-state index is 0. The van der Waals surface area contributed by atoms with E-state index in [1.165, 1.54) is 5.56 Å². The van der Waals surface area contributed by atoms with Gasteiger partial charge in [0.2, 0.25) is 11.8 Å². The molecule has 1 fully saturated rings. The van der Waals surface area contributed by atoms with E-state index in [1.807, 2.05) is 18.2 Å². The van der Waals surface area contributed by atoms with E-state index in [0.29, 0.717) is 38.3 Å². The molecule has 8 heteroatoms. The number of rotatable bonds is 6. The Morgan fingerprint density at radius 3 is 2.45 bits per heavy atom. The predicted octanol–water partition coefficient (Wildman–Crippen LogP) is -1.78. The highest BCUT2D eigenvalue weighted by atomic mass is 35.5. The normalized spacial score (nSPS) is 24.4. The van der Waals surface area contributed by atoms with Crippen LogP contribution in [0, 0.1) is 11.8 Å². The van der Waals surface area contributed by atoms with Gasteiger partial charge in [-0.1, -0.05) is 24.3 Å². The topological polar surface area (TPSA) is 108 Å². The van der Waals surface area contributed by atoms with Crippen LogP contribution in [-0.4, -0.2) is 41.5 Å². The molecule has 160 valence electrons. The van der Waals surface area contributed by atoms with Crippen LogP contribution in [0.25, 0.3) is 0 Å². The van der Waals surface area contributed by atoms with Gasteiger partial charge >= 0.3 is 5.97 Å². The predicted molar refractivity (Wildman–Crippen MR) is 104 cm³/mol. The van der Waals surface area contributed by atoms with Crippen molar-refractivity contribution in [2.24, 2.45) is 11.8 Å². The highest BCUT2D eigenvalue weighted by Crippen LogP contribution is 2.28. The van der Waals surface area contributed by atoms with Crippen molar-refractivity contribution in [3.63, 3.8) is 0 Å². The Labute approximate surface area is 177 Å². The van der Waals surface area contributed by atoms with Gasteiger partial charge < -0.3 is 33.5 Å². The number of carboxylic acid groups (broad SMARTS) is 1. The van der Waals surface area contributed by atoms with Gasteiger partial charge in [-0.05, 0) is 56.1 Å². The molecule has 1 aromatic rings. The minimum Gasteiger partial charge on any atom is -1.00 e. The molecular weight excluding hydrogens is 394 g/mol. The van der Waals surface area contributed by atoms with Gasteiger partial charge in [0.1, 0.15) is 6.04 Å². The third-order valence-electron chi connectivity index (χ3n) is 5.91. The second-order valence-corrected chi connectivity index (χ2v) is 7.94. The van der Waals surface area contributed by atoms with Gasteiger partial charge in [0, 0.05) is 13.1 Å². The molecule has 2 amide bonds. The number of amides is 2. The molecule has 0 radical (unpaired) electrons. The van der Waals surface area contributed by atoms with E-state index < -0.39 is 12.0 Å². The van der Waals surface area contributed by atoms with Crippen LogP contribution >= 0.6 is 0 Å². The minimum atomic E-state index is -0.724. The summed E-state index contributed by atoms with van der Waals surface area (Å²) < 4.78 is 0. The number of carbonyl (C=O) groups is 3. The quantitative estimate of drug-likeness (QED) is 0.433. The van der Waals surface area contributed by atoms with Crippen molar-refractivity contribution < 1.29 is 31.9 Å². The molecule has 0 spiro atoms. The summed E-state index contributed by atoms with van der Waals surface area (Å²) in [5, 5.41) is 18.0. The zero-order chi connectivity index (χ0) is 20.1. The summed E-state index contributed by atoms with van der Waals surface area (Å²) in [7, 11) is 0. The number of halogens is 1. The summed E-state index contributed by atoms with van der Waals surface area (Å²) in [5.41, 5.74) is 2.37. The molecule has 2 atom stereocenters. The largest absolute Gasteiger partial charge is 1.00 e. The maximum atomic E-state index is 12.5. The SMILES string of the molecule is C[C@H](NC(=O)[C@@H]1Cc2ccccc2CN1)C(=O)NCC1CCC(C(=O)O)CC1.[Cl-]. The fourth-order valence-corrected chi connectivity index (χ4v) is 4.03. The van der Waals surface area contributed by atoms with Gasteiger partial charge in [0.25, 0.3) is 0 Å². The Kier molecular flexibility index (Phi) is 8.46. The summed E-state index contributed by atoms with van der Waals surface area (Å²) in [6.07, 6.45) is 3.56. The summed E-state index contributed by atoms with van der Waals surface area (Å²) in [4.78, 5) is 35.9. The second kappa shape index (κ2) is 10.6. The van der Waals surface area contributed by atoms with Crippen molar-refractivity contribution in [2.45, 2.75) is 57.7 Å². The van der Waals surface area contributed by atoms with E-state index in [0.717, 1.165) is 18.4 Å². The number of hydrogen-bond acceptors (Lipinski definition) is 4. The fourth-order valence-electron chi connectivity index (χ4n) is 4.03. The fraction of sp³-hybridized carbons (Fsp3) is 0.571. The first kappa shape index (κ1) is 23.2. The molecule has 1 saturated carbocycles. The average molecular weight is 423 g/mol. The first-order chi connectivity index (χ1) is 13.4. The van der Waals surface area contributed by atoms with Crippen LogP contribution in [0.1, 0.15) is 43.7 Å². The molecule has 0 unspecified atom stereocenters. The zero-order valence-corrected chi connectivity index (χ0v) is 17.4. The molecule has 1 aliphatic carbocycles. The molecule has 0 aromatic heterocycles. The van der Waals surface area contributed by atoms with Gasteiger partial charge in [-0.25, -0.2) is 0 Å². The lowest BCUT2D eigenvalue weighted by atomic mass is 9.82. The van der Waals surface area contributed by atoms with E-state index in [1.54, 1.807) is 6.92 Å². The van der Waals surface area contributed by atoms with Crippen molar-refractivity contribution in [2.75, 3.05) is 6.54 Å². The van der Waals surface area contributed by atoms with E-state index in [2.05, 4.69) is 22.0 Å². The van der Waals surface area contributed by atoms with Crippen molar-refractivity contribution in [3.8, 4) is 0 Å². The summed E-state index contributed by atoms with van der Waals surface area (Å²) in [6, 6.07) is 7.10. The molecule has 29 heavy (non-hydrogen) atoms. The molecule has 2 aliphatic rings. The van der Waals surface area contributed by atoms with Gasteiger partial charge in [0.15, 0.2) is 0 Å². The molecule has 1 aliphatic heterocycles. The van der Waals surface area contributed by atoms with Crippen LogP contribution in [0.2, 0.25) is 0 Å². The number of aliphatic carboxylic acids is 1. The van der Waals surface area contributed by atoms with Gasteiger partial charge in [-0.2, -0.15) is 0 Å². The smallest absolute Gasteiger partial charge is 0.306 e. The van der Waals surface area contributed by atoms with Crippen LogP contribution in [0.4, 0.5) is 0 Å². The van der Waals surface area contributed by atoms with Crippen molar-refractivity contribution in [3.05, 3.63) is 35.4 Å². The van der Waals surface area contributed by atoms with Crippen LogP contribution in [0.15, 0.2) is 24.3 Å². The Morgan fingerprint density at radius 2 is 1.79 bits per heavy atom. The first-order valence-electron chi connectivity index (χ1n) is 10.0. The number of fused-ring (bicyclic) bond motifs is 1. The molecule has 1 aromatic carbocycles. The monoisotopic (exact) mass is 422 g/mol. The lowest BCUT2D eigenvalue weighted by molar-refractivity contribution is -0.143. The molecule has 4 N–H and O–H groups in total. The number of nitrogens with one attached hydrogen (secondary N) is 3. The van der Waals surface area contributed by atoms with Crippen molar-refractivity contribution in [1.29, 1.82) is 0 Å². The van der Waals surface area contributed by atoms with Crippen LogP contribution < -0.4 is 28.4 Å². The van der Waals surface area contributed by atoms with E-state index in [-0.39, 0.29) is 36.2 Å². The van der Waals surface area contributed by atoms with Crippen LogP contribution in [-0.2, 0) is 27.3 Å². The second-order valence-electron chi connectivity index (χ2n) is 7.94. The maximum Gasteiger partial charge on any atom is 0.306 e. The summed E-state index contributed by atoms with van der Waals surface area (Å²) in [5.74, 6) is -1.04. The molecule has 1 heterocycles. The summed E-state index contributed by atoms with van der Waals surface area (Å²) >= 11 is 0. The molecule has 7 nitrogen and oxygen atoms in total. The van der Waals surface area contributed by atoms with Gasteiger partial charge in [-0.15, -0.1) is 0 Å². The van der Waals surface area contributed by atoms with Crippen LogP contribution in [0.5, 0.6) is 0 Å². The maximum absolute atomic E-state index is 12.5. The lowest BCUT2D eigenvalue weighted by Crippen LogP contribution is -3.00. The van der Waals surface area contributed by atoms with Gasteiger partial charge in [-0.3, -0.25) is 14.4 Å². The molecule has 0 bridgehead atoms. The number of carboxylic acids is 1. The average Bonchev–Trinajstić information content (AvgIpc) is 2.71. The Bertz CT molecular complexity index is 734. The molecule has 3 rings (SSSR count). The summed E-state index contributed by atoms with van der Waals surface area (Å²) in [6.45, 7) is 2.86. The van der Waals surface area contributed by atoms with Crippen LogP contribution in [0.3, 0.4) is 0 Å². The standard InChI is InChI=1S/C21H29N3O4.ClH/c1-13(19(25)23-11-14-6-8-15(9-7-14)21(27)28)24-20(26)18-10-16-4-2-3-5-17(16)12-22-18;/h2-5,13-15,18,22H,6-12H2,1H3,(H,23,25)(H,24,26)(H,27,28);1H/p-1/t13-,14?,15?,18-;/m0./s1. The Morgan fingerprint density at radius 1 is 1.14 bits per heavy atom. The Hall–Kier alpha value is -2.12. The number of carbonyl (C=O) groups excluding carboxylic acids is 2. The molecular formula is C21H29ClN3O4-. The number of benzene rings is 1.